The summed E-state index contributed by atoms with van der Waals surface area (Å²) < 4.78 is 15.5. The van der Waals surface area contributed by atoms with Crippen LogP contribution in [0, 0.1) is 19.7 Å². The number of amides is 1. The van der Waals surface area contributed by atoms with E-state index in [4.69, 9.17) is 0 Å². The van der Waals surface area contributed by atoms with Crippen LogP contribution in [0.2, 0.25) is 0 Å². The first-order valence-electron chi connectivity index (χ1n) is 10.1. The second-order valence-electron chi connectivity index (χ2n) is 8.03. The van der Waals surface area contributed by atoms with Gasteiger partial charge in [0.05, 0.1) is 11.7 Å². The van der Waals surface area contributed by atoms with Crippen molar-refractivity contribution in [3.63, 3.8) is 0 Å². The maximum absolute atomic E-state index is 13.5. The van der Waals surface area contributed by atoms with E-state index in [1.54, 1.807) is 6.07 Å². The fourth-order valence-corrected chi connectivity index (χ4v) is 3.82. The number of fused-ring (bicyclic) bond motifs is 1. The number of aromatic nitrogens is 2. The average Bonchev–Trinajstić information content (AvgIpc) is 3.44. The maximum atomic E-state index is 13.5. The molecule has 0 saturated heterocycles. The van der Waals surface area contributed by atoms with E-state index in [2.05, 4.69) is 16.4 Å². The molecule has 5 rings (SSSR count). The normalized spacial score (nSPS) is 13.6. The highest BCUT2D eigenvalue weighted by Gasteiger charge is 2.24. The molecule has 30 heavy (non-hydrogen) atoms. The largest absolute Gasteiger partial charge is 0.349 e. The number of carbonyl (C=O) groups excluding carboxylic acids is 1. The van der Waals surface area contributed by atoms with Crippen LogP contribution in [0.25, 0.3) is 28.0 Å². The van der Waals surface area contributed by atoms with Crippen LogP contribution in [0.5, 0.6) is 0 Å². The first kappa shape index (κ1) is 18.6. The Morgan fingerprint density at radius 2 is 1.87 bits per heavy atom. The lowest BCUT2D eigenvalue weighted by Gasteiger charge is -2.11. The van der Waals surface area contributed by atoms with Crippen molar-refractivity contribution in [2.75, 3.05) is 0 Å². The maximum Gasteiger partial charge on any atom is 0.251 e. The third-order valence-corrected chi connectivity index (χ3v) is 5.68. The molecule has 1 aliphatic rings. The lowest BCUT2D eigenvalue weighted by atomic mass is 9.98. The van der Waals surface area contributed by atoms with Gasteiger partial charge in [0, 0.05) is 23.4 Å². The molecule has 0 atom stereocenters. The number of nitrogens with zero attached hydrogens (tertiary/aromatic N) is 2. The van der Waals surface area contributed by atoms with Gasteiger partial charge in [-0.15, -0.1) is 0 Å². The SMILES string of the molecule is Cc1ccc(C(=O)NC2CC2)cc1-c1ccn2c(-c3ccc(F)cc3C)ncc2c1. The molecule has 4 nitrogen and oxygen atoms in total. The molecule has 150 valence electrons. The molecule has 0 aliphatic heterocycles. The number of hydrogen-bond donors (Lipinski definition) is 1. The standard InChI is InChI=1S/C25H22FN3O/c1-15-3-4-18(25(30)28-20-6-7-20)13-23(15)17-9-10-29-21(12-17)14-27-24(29)22-8-5-19(26)11-16(22)2/h3-5,8-14,20H,6-7H2,1-2H3,(H,28,30). The zero-order chi connectivity index (χ0) is 20.8. The highest BCUT2D eigenvalue weighted by atomic mass is 19.1. The van der Waals surface area contributed by atoms with Crippen LogP contribution in [0.1, 0.15) is 34.3 Å². The molecule has 1 fully saturated rings. The smallest absolute Gasteiger partial charge is 0.251 e. The molecule has 0 spiro atoms. The van der Waals surface area contributed by atoms with E-state index in [0.29, 0.717) is 11.6 Å². The lowest BCUT2D eigenvalue weighted by Crippen LogP contribution is -2.25. The molecule has 0 bridgehead atoms. The van der Waals surface area contributed by atoms with Gasteiger partial charge in [-0.1, -0.05) is 6.07 Å². The summed E-state index contributed by atoms with van der Waals surface area (Å²) in [4.78, 5) is 17.0. The molecular formula is C25H22FN3O. The molecule has 5 heteroatoms. The molecule has 0 radical (unpaired) electrons. The topological polar surface area (TPSA) is 46.4 Å². The van der Waals surface area contributed by atoms with Crippen molar-refractivity contribution in [3.05, 3.63) is 83.4 Å². The predicted molar refractivity (Wildman–Crippen MR) is 116 cm³/mol. The summed E-state index contributed by atoms with van der Waals surface area (Å²) in [6, 6.07) is 15.0. The molecule has 1 aliphatic carbocycles. The number of aryl methyl sites for hydroxylation is 2. The monoisotopic (exact) mass is 399 g/mol. The van der Waals surface area contributed by atoms with Gasteiger partial charge in [-0.05, 0) is 91.4 Å². The average molecular weight is 399 g/mol. The zero-order valence-corrected chi connectivity index (χ0v) is 16.9. The number of pyridine rings is 1. The van der Waals surface area contributed by atoms with Gasteiger partial charge in [-0.3, -0.25) is 9.20 Å². The Kier molecular flexibility index (Phi) is 4.39. The Morgan fingerprint density at radius 3 is 2.63 bits per heavy atom. The van der Waals surface area contributed by atoms with E-state index in [0.717, 1.165) is 52.0 Å². The summed E-state index contributed by atoms with van der Waals surface area (Å²) >= 11 is 0. The van der Waals surface area contributed by atoms with Gasteiger partial charge in [-0.25, -0.2) is 9.37 Å². The highest BCUT2D eigenvalue weighted by Crippen LogP contribution is 2.29. The van der Waals surface area contributed by atoms with Crippen molar-refractivity contribution in [1.82, 2.24) is 14.7 Å². The van der Waals surface area contributed by atoms with Gasteiger partial charge in [0.15, 0.2) is 0 Å². The molecule has 1 amide bonds. The van der Waals surface area contributed by atoms with E-state index in [1.165, 1.54) is 12.1 Å². The van der Waals surface area contributed by atoms with Gasteiger partial charge in [0.2, 0.25) is 0 Å². The number of benzene rings is 2. The molecule has 4 aromatic rings. The van der Waals surface area contributed by atoms with Crippen LogP contribution < -0.4 is 5.32 Å². The first-order valence-corrected chi connectivity index (χ1v) is 10.1. The number of hydrogen-bond acceptors (Lipinski definition) is 2. The van der Waals surface area contributed by atoms with Crippen LogP contribution in [-0.4, -0.2) is 21.3 Å². The quantitative estimate of drug-likeness (QED) is 0.505. The second-order valence-corrected chi connectivity index (χ2v) is 8.03. The van der Waals surface area contributed by atoms with Crippen molar-refractivity contribution in [2.24, 2.45) is 0 Å². The van der Waals surface area contributed by atoms with E-state index < -0.39 is 0 Å². The summed E-state index contributed by atoms with van der Waals surface area (Å²) in [6.45, 7) is 3.93. The third-order valence-electron chi connectivity index (χ3n) is 5.68. The van der Waals surface area contributed by atoms with Gasteiger partial charge < -0.3 is 5.32 Å². The molecule has 1 saturated carbocycles. The highest BCUT2D eigenvalue weighted by molar-refractivity contribution is 5.96. The zero-order valence-electron chi connectivity index (χ0n) is 16.9. The summed E-state index contributed by atoms with van der Waals surface area (Å²) in [5.74, 6) is 0.516. The van der Waals surface area contributed by atoms with E-state index >= 15 is 0 Å². The lowest BCUT2D eigenvalue weighted by molar-refractivity contribution is 0.0951. The van der Waals surface area contributed by atoms with E-state index in [9.17, 15) is 9.18 Å². The molecular weight excluding hydrogens is 377 g/mol. The minimum absolute atomic E-state index is 0.0155. The number of halogens is 1. The number of imidazole rings is 1. The van der Waals surface area contributed by atoms with Gasteiger partial charge in [0.1, 0.15) is 11.6 Å². The summed E-state index contributed by atoms with van der Waals surface area (Å²) in [6.07, 6.45) is 5.93. The molecule has 0 unspecified atom stereocenters. The van der Waals surface area contributed by atoms with Gasteiger partial charge in [-0.2, -0.15) is 0 Å². The Balaban J connectivity index is 1.54. The molecule has 2 aromatic heterocycles. The van der Waals surface area contributed by atoms with Crippen molar-refractivity contribution in [3.8, 4) is 22.5 Å². The Hall–Kier alpha value is -3.47. The number of rotatable bonds is 4. The minimum atomic E-state index is -0.250. The van der Waals surface area contributed by atoms with Crippen LogP contribution in [-0.2, 0) is 0 Å². The first-order chi connectivity index (χ1) is 14.5. The number of carbonyl (C=O) groups is 1. The van der Waals surface area contributed by atoms with E-state index in [-0.39, 0.29) is 11.7 Å². The Bertz CT molecular complexity index is 1290. The number of nitrogens with one attached hydrogen (secondary N) is 1. The van der Waals surface area contributed by atoms with Crippen molar-refractivity contribution in [1.29, 1.82) is 0 Å². The summed E-state index contributed by atoms with van der Waals surface area (Å²) in [5, 5.41) is 3.05. The van der Waals surface area contributed by atoms with Crippen molar-refractivity contribution >= 4 is 11.4 Å². The third kappa shape index (κ3) is 3.36. The van der Waals surface area contributed by atoms with Crippen LogP contribution in [0.15, 0.2) is 60.9 Å². The fraction of sp³-hybridized carbons (Fsp3) is 0.200. The van der Waals surface area contributed by atoms with Crippen molar-refractivity contribution < 1.29 is 9.18 Å². The summed E-state index contributed by atoms with van der Waals surface area (Å²) in [7, 11) is 0. The van der Waals surface area contributed by atoms with Crippen LogP contribution >= 0.6 is 0 Å². The van der Waals surface area contributed by atoms with Crippen LogP contribution in [0.3, 0.4) is 0 Å². The van der Waals surface area contributed by atoms with Crippen LogP contribution in [0.4, 0.5) is 4.39 Å². The minimum Gasteiger partial charge on any atom is -0.349 e. The second kappa shape index (κ2) is 7.10. The molecule has 1 N–H and O–H groups in total. The summed E-state index contributed by atoms with van der Waals surface area (Å²) in [5.41, 5.74) is 6.54. The predicted octanol–water partition coefficient (Wildman–Crippen LogP) is 5.32. The Morgan fingerprint density at radius 1 is 1.03 bits per heavy atom. The molecule has 2 heterocycles. The van der Waals surface area contributed by atoms with Gasteiger partial charge >= 0.3 is 0 Å². The Labute approximate surface area is 174 Å². The fourth-order valence-electron chi connectivity index (χ4n) is 3.82. The van der Waals surface area contributed by atoms with E-state index in [1.807, 2.05) is 54.9 Å². The van der Waals surface area contributed by atoms with Crippen molar-refractivity contribution in [2.45, 2.75) is 32.7 Å². The van der Waals surface area contributed by atoms with Gasteiger partial charge in [0.25, 0.3) is 5.91 Å². The molecule has 2 aromatic carbocycles.